The Morgan fingerprint density at radius 3 is 2.38 bits per heavy atom. The van der Waals surface area contributed by atoms with Crippen LogP contribution in [0.3, 0.4) is 0 Å². The molecule has 0 atom stereocenters. The van der Waals surface area contributed by atoms with Gasteiger partial charge in [-0.2, -0.15) is 0 Å². The summed E-state index contributed by atoms with van der Waals surface area (Å²) in [6, 6.07) is 13.9. The van der Waals surface area contributed by atoms with E-state index in [9.17, 15) is 5.11 Å². The zero-order chi connectivity index (χ0) is 15.1. The second-order valence-electron chi connectivity index (χ2n) is 5.27. The van der Waals surface area contributed by atoms with Crippen molar-refractivity contribution < 1.29 is 9.84 Å². The Morgan fingerprint density at radius 2 is 1.71 bits per heavy atom. The first-order valence-corrected chi connectivity index (χ1v) is 7.34. The number of ether oxygens (including phenoxy) is 1. The van der Waals surface area contributed by atoms with E-state index in [2.05, 4.69) is 5.32 Å². The summed E-state index contributed by atoms with van der Waals surface area (Å²) < 4.78 is 5.64. The third-order valence-electron chi connectivity index (χ3n) is 3.39. The molecule has 3 heteroatoms. The number of hydrogen-bond acceptors (Lipinski definition) is 3. The average Bonchev–Trinajstić information content (AvgIpc) is 2.49. The summed E-state index contributed by atoms with van der Waals surface area (Å²) in [6.45, 7) is 6.29. The maximum Gasteiger partial charge on any atom is 0.121 e. The molecule has 0 spiro atoms. The van der Waals surface area contributed by atoms with Crippen molar-refractivity contribution in [3.63, 3.8) is 0 Å². The molecular weight excluding hydrogens is 262 g/mol. The van der Waals surface area contributed by atoms with Crippen LogP contribution in [0.25, 0.3) is 0 Å². The number of aromatic hydroxyl groups is 1. The quantitative estimate of drug-likeness (QED) is 0.764. The first-order chi connectivity index (χ1) is 10.2. The minimum absolute atomic E-state index is 0.398. The zero-order valence-corrected chi connectivity index (χ0v) is 12.7. The lowest BCUT2D eigenvalue weighted by Gasteiger charge is -2.10. The summed E-state index contributed by atoms with van der Waals surface area (Å²) in [5.74, 6) is 1.32. The van der Waals surface area contributed by atoms with Crippen molar-refractivity contribution >= 4 is 0 Å². The lowest BCUT2D eigenvalue weighted by atomic mass is 10.1. The molecular formula is C18H23NO2. The van der Waals surface area contributed by atoms with Gasteiger partial charge >= 0.3 is 0 Å². The predicted molar refractivity (Wildman–Crippen MR) is 85.8 cm³/mol. The Bertz CT molecular complexity index is 544. The molecule has 0 aromatic heterocycles. The minimum atomic E-state index is 0.398. The Balaban J connectivity index is 1.66. The van der Waals surface area contributed by atoms with Gasteiger partial charge < -0.3 is 15.2 Å². The molecule has 0 unspecified atom stereocenters. The molecule has 21 heavy (non-hydrogen) atoms. The highest BCUT2D eigenvalue weighted by Gasteiger charge is 2.02. The molecule has 0 heterocycles. The number of phenols is 1. The summed E-state index contributed by atoms with van der Waals surface area (Å²) in [4.78, 5) is 0. The largest absolute Gasteiger partial charge is 0.507 e. The summed E-state index contributed by atoms with van der Waals surface area (Å²) in [6.07, 6.45) is 0.963. The number of phenolic OH excluding ortho intramolecular Hbond substituents is 1. The van der Waals surface area contributed by atoms with Crippen molar-refractivity contribution in [1.29, 1.82) is 0 Å². The van der Waals surface area contributed by atoms with Gasteiger partial charge in [0.15, 0.2) is 0 Å². The first kappa shape index (κ1) is 15.4. The second kappa shape index (κ2) is 7.70. The smallest absolute Gasteiger partial charge is 0.121 e. The number of benzene rings is 2. The summed E-state index contributed by atoms with van der Waals surface area (Å²) in [7, 11) is 0. The molecule has 0 radical (unpaired) electrons. The normalized spacial score (nSPS) is 10.6. The number of hydrogen-bond donors (Lipinski definition) is 2. The lowest BCUT2D eigenvalue weighted by molar-refractivity contribution is 0.308. The van der Waals surface area contributed by atoms with Gasteiger partial charge in [0.25, 0.3) is 0 Å². The van der Waals surface area contributed by atoms with Gasteiger partial charge in [0.2, 0.25) is 0 Å². The molecule has 0 fully saturated rings. The average molecular weight is 285 g/mol. The Labute approximate surface area is 126 Å². The van der Waals surface area contributed by atoms with Crippen LogP contribution >= 0.6 is 0 Å². The monoisotopic (exact) mass is 285 g/mol. The molecule has 112 valence electrons. The fraction of sp³-hybridized carbons (Fsp3) is 0.333. The van der Waals surface area contributed by atoms with E-state index in [1.165, 1.54) is 5.56 Å². The third kappa shape index (κ3) is 4.80. The number of rotatable bonds is 7. The highest BCUT2D eigenvalue weighted by atomic mass is 16.5. The fourth-order valence-electron chi connectivity index (χ4n) is 2.28. The van der Waals surface area contributed by atoms with E-state index < -0.39 is 0 Å². The predicted octanol–water partition coefficient (Wildman–Crippen LogP) is 3.57. The van der Waals surface area contributed by atoms with Crippen LogP contribution < -0.4 is 10.1 Å². The molecule has 0 aliphatic heterocycles. The molecule has 0 aliphatic carbocycles. The van der Waals surface area contributed by atoms with Gasteiger partial charge in [0.05, 0.1) is 6.61 Å². The minimum Gasteiger partial charge on any atom is -0.507 e. The first-order valence-electron chi connectivity index (χ1n) is 7.34. The van der Waals surface area contributed by atoms with Crippen LogP contribution in [0.5, 0.6) is 11.5 Å². The van der Waals surface area contributed by atoms with Gasteiger partial charge in [-0.05, 0) is 55.6 Å². The van der Waals surface area contributed by atoms with Crippen LogP contribution in [0.15, 0.2) is 42.5 Å². The summed E-state index contributed by atoms with van der Waals surface area (Å²) >= 11 is 0. The molecule has 0 saturated carbocycles. The zero-order valence-electron chi connectivity index (χ0n) is 12.7. The molecule has 3 nitrogen and oxygen atoms in total. The van der Waals surface area contributed by atoms with Crippen LogP contribution in [0.4, 0.5) is 0 Å². The van der Waals surface area contributed by atoms with Crippen molar-refractivity contribution in [1.82, 2.24) is 5.32 Å². The van der Waals surface area contributed by atoms with Crippen LogP contribution in [-0.4, -0.2) is 18.3 Å². The van der Waals surface area contributed by atoms with Gasteiger partial charge in [0.1, 0.15) is 11.5 Å². The van der Waals surface area contributed by atoms with Crippen LogP contribution in [0.1, 0.15) is 23.1 Å². The molecule has 2 aromatic rings. The molecule has 2 aromatic carbocycles. The van der Waals surface area contributed by atoms with E-state index in [1.54, 1.807) is 0 Å². The topological polar surface area (TPSA) is 41.5 Å². The number of aryl methyl sites for hydroxylation is 2. The molecule has 0 amide bonds. The van der Waals surface area contributed by atoms with Crippen molar-refractivity contribution in [2.24, 2.45) is 0 Å². The number of para-hydroxylation sites is 1. The van der Waals surface area contributed by atoms with E-state index in [1.807, 2.05) is 56.3 Å². The maximum atomic E-state index is 9.74. The number of nitrogens with one attached hydrogen (secondary N) is 1. The van der Waals surface area contributed by atoms with Crippen LogP contribution in [-0.2, 0) is 6.54 Å². The molecule has 0 aliphatic rings. The van der Waals surface area contributed by atoms with Gasteiger partial charge in [-0.15, -0.1) is 0 Å². The van der Waals surface area contributed by atoms with E-state index in [0.29, 0.717) is 12.4 Å². The standard InChI is InChI=1S/C18H23NO2/c1-14-11-16(12-15(2)18(14)20)13-19-9-6-10-21-17-7-4-3-5-8-17/h3-5,7-8,11-12,19-20H,6,9-10,13H2,1-2H3. The van der Waals surface area contributed by atoms with Crippen LogP contribution in [0.2, 0.25) is 0 Å². The van der Waals surface area contributed by atoms with Gasteiger partial charge in [-0.25, -0.2) is 0 Å². The van der Waals surface area contributed by atoms with E-state index in [4.69, 9.17) is 4.74 Å². The molecule has 2 rings (SSSR count). The highest BCUT2D eigenvalue weighted by Crippen LogP contribution is 2.22. The van der Waals surface area contributed by atoms with Crippen molar-refractivity contribution in [2.75, 3.05) is 13.2 Å². The van der Waals surface area contributed by atoms with Gasteiger partial charge in [-0.1, -0.05) is 30.3 Å². The van der Waals surface area contributed by atoms with Crippen molar-refractivity contribution in [3.8, 4) is 11.5 Å². The fourth-order valence-corrected chi connectivity index (χ4v) is 2.28. The van der Waals surface area contributed by atoms with E-state index in [-0.39, 0.29) is 0 Å². The van der Waals surface area contributed by atoms with Crippen LogP contribution in [0, 0.1) is 13.8 Å². The summed E-state index contributed by atoms with van der Waals surface area (Å²) in [5.41, 5.74) is 3.06. The van der Waals surface area contributed by atoms with Gasteiger partial charge in [-0.3, -0.25) is 0 Å². The highest BCUT2D eigenvalue weighted by molar-refractivity contribution is 5.42. The SMILES string of the molecule is Cc1cc(CNCCCOc2ccccc2)cc(C)c1O. The Hall–Kier alpha value is -2.00. The summed E-state index contributed by atoms with van der Waals surface area (Å²) in [5, 5.41) is 13.1. The maximum absolute atomic E-state index is 9.74. The van der Waals surface area contributed by atoms with E-state index >= 15 is 0 Å². The Morgan fingerprint density at radius 1 is 1.05 bits per heavy atom. The molecule has 0 saturated heterocycles. The molecule has 0 bridgehead atoms. The molecule has 2 N–H and O–H groups in total. The van der Waals surface area contributed by atoms with Crippen molar-refractivity contribution in [3.05, 3.63) is 59.2 Å². The lowest BCUT2D eigenvalue weighted by Crippen LogP contribution is -2.17. The Kier molecular flexibility index (Phi) is 5.64. The third-order valence-corrected chi connectivity index (χ3v) is 3.39. The van der Waals surface area contributed by atoms with Gasteiger partial charge in [0, 0.05) is 6.54 Å². The van der Waals surface area contributed by atoms with Crippen molar-refractivity contribution in [2.45, 2.75) is 26.8 Å². The van der Waals surface area contributed by atoms with E-state index in [0.717, 1.165) is 36.4 Å². The second-order valence-corrected chi connectivity index (χ2v) is 5.27.